The Morgan fingerprint density at radius 2 is 1.92 bits per heavy atom. The van der Waals surface area contributed by atoms with Gasteiger partial charge in [-0.1, -0.05) is 24.3 Å². The lowest BCUT2D eigenvalue weighted by Gasteiger charge is -2.24. The van der Waals surface area contributed by atoms with E-state index in [1.54, 1.807) is 5.38 Å². The highest BCUT2D eigenvalue weighted by molar-refractivity contribution is 7.13. The van der Waals surface area contributed by atoms with E-state index in [2.05, 4.69) is 22.4 Å². The van der Waals surface area contributed by atoms with Gasteiger partial charge in [-0.05, 0) is 32.3 Å². The van der Waals surface area contributed by atoms with Gasteiger partial charge in [0.2, 0.25) is 0 Å². The topological polar surface area (TPSA) is 68.3 Å². The summed E-state index contributed by atoms with van der Waals surface area (Å²) in [5, 5.41) is 5.26. The number of rotatable bonds is 3. The predicted octanol–water partition coefficient (Wildman–Crippen LogP) is 4.60. The Morgan fingerprint density at radius 1 is 1.25 bits per heavy atom. The van der Waals surface area contributed by atoms with Gasteiger partial charge in [0.25, 0.3) is 0 Å². The van der Waals surface area contributed by atoms with Crippen molar-refractivity contribution in [2.24, 2.45) is 0 Å². The monoisotopic (exact) mass is 344 g/mol. The molecule has 0 bridgehead atoms. The Kier molecular flexibility index (Phi) is 4.41. The molecule has 126 valence electrons. The molecule has 1 aliphatic rings. The van der Waals surface area contributed by atoms with Crippen LogP contribution in [0, 0.1) is 0 Å². The first-order valence-electron chi connectivity index (χ1n) is 7.88. The summed E-state index contributed by atoms with van der Waals surface area (Å²) in [6, 6.07) is 8.12. The normalized spacial score (nSPS) is 15.0. The first-order chi connectivity index (χ1) is 11.3. The predicted molar refractivity (Wildman–Crippen MR) is 94.4 cm³/mol. The minimum absolute atomic E-state index is 0.335. The molecule has 2 aromatic rings. The molecule has 1 fully saturated rings. The van der Waals surface area contributed by atoms with Crippen LogP contribution in [0.2, 0.25) is 0 Å². The molecule has 5 nitrogen and oxygen atoms in total. The molecule has 0 saturated heterocycles. The maximum absolute atomic E-state index is 11.8. The molecule has 0 unspecified atom stereocenters. The summed E-state index contributed by atoms with van der Waals surface area (Å²) in [5.41, 5.74) is 1.65. The van der Waals surface area contributed by atoms with Crippen molar-refractivity contribution < 1.29 is 14.3 Å². The Bertz CT molecular complexity index is 751. The number of aromatic nitrogens is 1. The number of ether oxygens (including phenoxy) is 1. The van der Waals surface area contributed by atoms with E-state index in [1.807, 2.05) is 32.9 Å². The van der Waals surface area contributed by atoms with Crippen molar-refractivity contribution in [3.8, 4) is 10.6 Å². The van der Waals surface area contributed by atoms with Crippen LogP contribution in [-0.2, 0) is 9.53 Å². The number of hydrogen-bond acceptors (Lipinski definition) is 5. The lowest BCUT2D eigenvalue weighted by atomic mass is 9.79. The number of nitrogens with one attached hydrogen (secondary N) is 1. The summed E-state index contributed by atoms with van der Waals surface area (Å²) >= 11 is 1.46. The van der Waals surface area contributed by atoms with Gasteiger partial charge < -0.3 is 4.74 Å². The fourth-order valence-electron chi connectivity index (χ4n) is 2.50. The van der Waals surface area contributed by atoms with Crippen molar-refractivity contribution in [3.63, 3.8) is 0 Å². The molecule has 1 aromatic carbocycles. The Labute approximate surface area is 145 Å². The van der Waals surface area contributed by atoms with Gasteiger partial charge in [0.05, 0.1) is 0 Å². The van der Waals surface area contributed by atoms with E-state index < -0.39 is 11.7 Å². The van der Waals surface area contributed by atoms with E-state index in [9.17, 15) is 9.59 Å². The van der Waals surface area contributed by atoms with Crippen LogP contribution in [0.5, 0.6) is 0 Å². The van der Waals surface area contributed by atoms with Gasteiger partial charge in [0.1, 0.15) is 22.2 Å². The zero-order valence-electron chi connectivity index (χ0n) is 14.0. The Hall–Kier alpha value is -2.21. The van der Waals surface area contributed by atoms with Crippen LogP contribution < -0.4 is 5.32 Å². The summed E-state index contributed by atoms with van der Waals surface area (Å²) in [5.74, 6) is 1.19. The van der Waals surface area contributed by atoms with Crippen LogP contribution >= 0.6 is 11.3 Å². The zero-order chi connectivity index (χ0) is 17.3. The SMILES string of the molecule is CC(C)(C)OC(=O)Nc1csc(-c2ccc(C3CC(=O)C3)cc2)n1. The van der Waals surface area contributed by atoms with Gasteiger partial charge in [0.15, 0.2) is 0 Å². The summed E-state index contributed by atoms with van der Waals surface area (Å²) in [6.45, 7) is 5.45. The fourth-order valence-corrected chi connectivity index (χ4v) is 3.25. The van der Waals surface area contributed by atoms with Gasteiger partial charge in [0, 0.05) is 23.8 Å². The van der Waals surface area contributed by atoms with Gasteiger partial charge >= 0.3 is 6.09 Å². The van der Waals surface area contributed by atoms with Crippen LogP contribution in [0.4, 0.5) is 10.6 Å². The van der Waals surface area contributed by atoms with Crippen LogP contribution in [0.1, 0.15) is 45.1 Å². The quantitative estimate of drug-likeness (QED) is 0.883. The molecule has 6 heteroatoms. The van der Waals surface area contributed by atoms with E-state index in [4.69, 9.17) is 4.74 Å². The van der Waals surface area contributed by atoms with Crippen molar-refractivity contribution in [3.05, 3.63) is 35.2 Å². The maximum Gasteiger partial charge on any atom is 0.413 e. The van der Waals surface area contributed by atoms with E-state index >= 15 is 0 Å². The molecule has 1 aliphatic carbocycles. The Morgan fingerprint density at radius 3 is 2.50 bits per heavy atom. The molecule has 3 rings (SSSR count). The summed E-state index contributed by atoms with van der Waals surface area (Å²) < 4.78 is 5.21. The van der Waals surface area contributed by atoms with Crippen LogP contribution in [0.25, 0.3) is 10.6 Å². The molecule has 1 saturated carbocycles. The summed E-state index contributed by atoms with van der Waals surface area (Å²) in [6.07, 6.45) is 0.797. The van der Waals surface area contributed by atoms with Crippen LogP contribution in [-0.4, -0.2) is 22.5 Å². The molecule has 1 heterocycles. The number of carbonyl (C=O) groups excluding carboxylic acids is 2. The molecule has 0 aliphatic heterocycles. The van der Waals surface area contributed by atoms with Crippen molar-refractivity contribution in [2.75, 3.05) is 5.32 Å². The number of Topliss-reactive ketones (excluding diaryl/α,β-unsaturated/α-hetero) is 1. The van der Waals surface area contributed by atoms with Gasteiger partial charge in [-0.25, -0.2) is 9.78 Å². The zero-order valence-corrected chi connectivity index (χ0v) is 14.8. The van der Waals surface area contributed by atoms with Crippen LogP contribution in [0.3, 0.4) is 0 Å². The second kappa shape index (κ2) is 6.36. The maximum atomic E-state index is 11.8. The molecule has 1 aromatic heterocycles. The molecule has 0 spiro atoms. The number of thiazole rings is 1. The van der Waals surface area contributed by atoms with E-state index in [1.165, 1.54) is 16.9 Å². The lowest BCUT2D eigenvalue weighted by molar-refractivity contribution is -0.124. The van der Waals surface area contributed by atoms with Crippen molar-refractivity contribution in [2.45, 2.75) is 45.1 Å². The number of nitrogens with zero attached hydrogens (tertiary/aromatic N) is 1. The first kappa shape index (κ1) is 16.6. The molecular weight excluding hydrogens is 324 g/mol. The fraction of sp³-hybridized carbons (Fsp3) is 0.389. The third-order valence-corrected chi connectivity index (χ3v) is 4.60. The standard InChI is InChI=1S/C18H20N2O3S/c1-18(2,3)23-17(22)20-15-10-24-16(19-15)12-6-4-11(5-7-12)13-8-14(21)9-13/h4-7,10,13H,8-9H2,1-3H3,(H,20,22). The summed E-state index contributed by atoms with van der Waals surface area (Å²) in [4.78, 5) is 27.3. The van der Waals surface area contributed by atoms with Crippen molar-refractivity contribution in [1.82, 2.24) is 4.98 Å². The first-order valence-corrected chi connectivity index (χ1v) is 8.76. The minimum atomic E-state index is -0.540. The smallest absolute Gasteiger partial charge is 0.413 e. The molecule has 1 N–H and O–H groups in total. The summed E-state index contributed by atoms with van der Waals surface area (Å²) in [7, 11) is 0. The highest BCUT2D eigenvalue weighted by Crippen LogP contribution is 2.35. The molecule has 1 amide bonds. The van der Waals surface area contributed by atoms with Crippen LogP contribution in [0.15, 0.2) is 29.6 Å². The van der Waals surface area contributed by atoms with Gasteiger partial charge in [-0.2, -0.15) is 0 Å². The number of carbonyl (C=O) groups is 2. The largest absolute Gasteiger partial charge is 0.444 e. The van der Waals surface area contributed by atoms with E-state index in [-0.39, 0.29) is 0 Å². The third kappa shape index (κ3) is 4.00. The molecule has 24 heavy (non-hydrogen) atoms. The minimum Gasteiger partial charge on any atom is -0.444 e. The number of ketones is 1. The molecular formula is C18H20N2O3S. The highest BCUT2D eigenvalue weighted by Gasteiger charge is 2.27. The number of hydrogen-bond donors (Lipinski definition) is 1. The van der Waals surface area contributed by atoms with Crippen molar-refractivity contribution >= 4 is 29.0 Å². The highest BCUT2D eigenvalue weighted by atomic mass is 32.1. The van der Waals surface area contributed by atoms with Crippen molar-refractivity contribution in [1.29, 1.82) is 0 Å². The molecule has 0 radical (unpaired) electrons. The second-order valence-electron chi connectivity index (χ2n) is 6.93. The average molecular weight is 344 g/mol. The molecule has 0 atom stereocenters. The van der Waals surface area contributed by atoms with Gasteiger partial charge in [-0.3, -0.25) is 10.1 Å². The van der Waals surface area contributed by atoms with Gasteiger partial charge in [-0.15, -0.1) is 11.3 Å². The lowest BCUT2D eigenvalue weighted by Crippen LogP contribution is -2.27. The van der Waals surface area contributed by atoms with E-state index in [0.29, 0.717) is 30.4 Å². The number of benzene rings is 1. The Balaban J connectivity index is 1.65. The van der Waals surface area contributed by atoms with E-state index in [0.717, 1.165) is 10.6 Å². The second-order valence-corrected chi connectivity index (χ2v) is 7.79. The average Bonchev–Trinajstić information content (AvgIpc) is 2.90. The number of amides is 1. The number of anilines is 1. The third-order valence-electron chi connectivity index (χ3n) is 3.71.